The highest BCUT2D eigenvalue weighted by atomic mass is 32.2. The molecule has 2 aliphatic heterocycles. The third-order valence-electron chi connectivity index (χ3n) is 7.15. The Hall–Kier alpha value is -3.53. The van der Waals surface area contributed by atoms with Gasteiger partial charge in [-0.1, -0.05) is 19.1 Å². The van der Waals surface area contributed by atoms with Gasteiger partial charge in [0.2, 0.25) is 0 Å². The lowest BCUT2D eigenvalue weighted by Gasteiger charge is -2.31. The normalized spacial score (nSPS) is 20.1. The first-order chi connectivity index (χ1) is 18.1. The van der Waals surface area contributed by atoms with Crippen molar-refractivity contribution in [3.63, 3.8) is 0 Å². The number of carbonyl (C=O) groups excluding carboxylic acids is 1. The zero-order valence-electron chi connectivity index (χ0n) is 22.1. The number of hydrogen-bond acceptors (Lipinski definition) is 7. The first kappa shape index (κ1) is 26.1. The average molecular weight is 540 g/mol. The molecule has 38 heavy (non-hydrogen) atoms. The number of hydrogen-bond donors (Lipinski definition) is 2. The number of aryl methyl sites for hydroxylation is 2. The Bertz CT molecular complexity index is 1500. The number of sulfone groups is 1. The van der Waals surface area contributed by atoms with Crippen molar-refractivity contribution >= 4 is 15.7 Å². The average Bonchev–Trinajstić information content (AvgIpc) is 3.53. The van der Waals surface area contributed by atoms with Crippen molar-refractivity contribution in [2.24, 2.45) is 0 Å². The molecule has 5 rings (SSSR count). The number of aromatic nitrogens is 2. The number of aromatic amines is 1. The van der Waals surface area contributed by atoms with E-state index >= 15 is 0 Å². The van der Waals surface area contributed by atoms with E-state index < -0.39 is 21.9 Å². The van der Waals surface area contributed by atoms with Gasteiger partial charge in [-0.2, -0.15) is 5.10 Å². The Morgan fingerprint density at radius 3 is 2.61 bits per heavy atom. The molecule has 9 nitrogen and oxygen atoms in total. The SMILES string of the molecule is CCCOc1ccc(C2c3c(-c4cc(C)cc(C)c4O)n[nH]c3C(=O)N2C2CCS(=O)(=O)C2)cc1OCC. The van der Waals surface area contributed by atoms with E-state index in [0.29, 0.717) is 59.2 Å². The second kappa shape index (κ2) is 9.98. The van der Waals surface area contributed by atoms with Crippen LogP contribution in [0.15, 0.2) is 30.3 Å². The second-order valence-corrected chi connectivity index (χ2v) is 12.2. The van der Waals surface area contributed by atoms with Crippen molar-refractivity contribution in [1.82, 2.24) is 15.1 Å². The lowest BCUT2D eigenvalue weighted by molar-refractivity contribution is 0.0677. The van der Waals surface area contributed by atoms with Gasteiger partial charge in [-0.15, -0.1) is 0 Å². The molecule has 202 valence electrons. The van der Waals surface area contributed by atoms with Crippen LogP contribution in [0.2, 0.25) is 0 Å². The molecule has 0 aliphatic carbocycles. The van der Waals surface area contributed by atoms with Crippen LogP contribution in [0.4, 0.5) is 0 Å². The summed E-state index contributed by atoms with van der Waals surface area (Å²) in [4.78, 5) is 15.5. The predicted octanol–water partition coefficient (Wildman–Crippen LogP) is 4.32. The van der Waals surface area contributed by atoms with Crippen LogP contribution < -0.4 is 9.47 Å². The number of aromatic hydroxyl groups is 1. The topological polar surface area (TPSA) is 122 Å². The monoisotopic (exact) mass is 539 g/mol. The van der Waals surface area contributed by atoms with Gasteiger partial charge >= 0.3 is 0 Å². The Kier molecular flexibility index (Phi) is 6.85. The van der Waals surface area contributed by atoms with Gasteiger partial charge in [-0.3, -0.25) is 9.89 Å². The highest BCUT2D eigenvalue weighted by molar-refractivity contribution is 7.91. The van der Waals surface area contributed by atoms with E-state index in [0.717, 1.165) is 17.5 Å². The number of phenolic OH excluding ortho intramolecular Hbond substituents is 1. The van der Waals surface area contributed by atoms with E-state index in [1.165, 1.54) is 0 Å². The van der Waals surface area contributed by atoms with Crippen molar-refractivity contribution in [2.75, 3.05) is 24.7 Å². The minimum absolute atomic E-state index is 0.0407. The molecular weight excluding hydrogens is 506 g/mol. The fourth-order valence-electron chi connectivity index (χ4n) is 5.50. The minimum Gasteiger partial charge on any atom is -0.507 e. The predicted molar refractivity (Wildman–Crippen MR) is 144 cm³/mol. The summed E-state index contributed by atoms with van der Waals surface area (Å²) in [5.41, 5.74) is 4.30. The van der Waals surface area contributed by atoms with Crippen LogP contribution in [0.3, 0.4) is 0 Å². The van der Waals surface area contributed by atoms with Crippen molar-refractivity contribution in [2.45, 2.75) is 52.6 Å². The number of H-pyrrole nitrogens is 1. The Balaban J connectivity index is 1.69. The van der Waals surface area contributed by atoms with E-state index in [-0.39, 0.29) is 23.2 Å². The van der Waals surface area contributed by atoms with Crippen molar-refractivity contribution in [1.29, 1.82) is 0 Å². The van der Waals surface area contributed by atoms with Crippen LogP contribution >= 0.6 is 0 Å². The van der Waals surface area contributed by atoms with Crippen molar-refractivity contribution in [3.05, 3.63) is 58.3 Å². The van der Waals surface area contributed by atoms with Crippen LogP contribution in [0, 0.1) is 13.8 Å². The summed E-state index contributed by atoms with van der Waals surface area (Å²) < 4.78 is 36.6. The number of carbonyl (C=O) groups is 1. The van der Waals surface area contributed by atoms with Gasteiger partial charge in [0.05, 0.1) is 30.8 Å². The van der Waals surface area contributed by atoms with Crippen LogP contribution in [-0.4, -0.2) is 65.3 Å². The molecule has 0 bridgehead atoms. The van der Waals surface area contributed by atoms with Crippen LogP contribution in [-0.2, 0) is 9.84 Å². The number of nitrogens with zero attached hydrogens (tertiary/aromatic N) is 2. The van der Waals surface area contributed by atoms with E-state index in [2.05, 4.69) is 10.2 Å². The van der Waals surface area contributed by atoms with Crippen LogP contribution in [0.25, 0.3) is 11.3 Å². The molecule has 1 aromatic heterocycles. The van der Waals surface area contributed by atoms with E-state index in [1.54, 1.807) is 4.90 Å². The Labute approximate surface area is 222 Å². The maximum Gasteiger partial charge on any atom is 0.273 e. The van der Waals surface area contributed by atoms with E-state index in [4.69, 9.17) is 9.47 Å². The maximum absolute atomic E-state index is 13.8. The Morgan fingerprint density at radius 2 is 1.92 bits per heavy atom. The van der Waals surface area contributed by atoms with E-state index in [9.17, 15) is 18.3 Å². The number of rotatable bonds is 8. The zero-order chi connectivity index (χ0) is 27.2. The first-order valence-electron chi connectivity index (χ1n) is 13.0. The largest absolute Gasteiger partial charge is 0.507 e. The molecule has 0 spiro atoms. The number of ether oxygens (including phenoxy) is 2. The molecule has 2 atom stereocenters. The summed E-state index contributed by atoms with van der Waals surface area (Å²) in [6.45, 7) is 8.64. The third-order valence-corrected chi connectivity index (χ3v) is 8.90. The van der Waals surface area contributed by atoms with Gasteiger partial charge in [0, 0.05) is 17.2 Å². The number of amides is 1. The lowest BCUT2D eigenvalue weighted by atomic mass is 9.93. The minimum atomic E-state index is -3.25. The first-order valence-corrected chi connectivity index (χ1v) is 14.8. The summed E-state index contributed by atoms with van der Waals surface area (Å²) in [7, 11) is -3.25. The van der Waals surface area contributed by atoms with Gasteiger partial charge in [0.15, 0.2) is 21.3 Å². The summed E-state index contributed by atoms with van der Waals surface area (Å²) in [5, 5.41) is 18.3. The smallest absolute Gasteiger partial charge is 0.273 e. The fourth-order valence-corrected chi connectivity index (χ4v) is 7.22. The molecule has 3 heterocycles. The van der Waals surface area contributed by atoms with Gasteiger partial charge in [-0.05, 0) is 68.5 Å². The highest BCUT2D eigenvalue weighted by Crippen LogP contribution is 2.48. The molecule has 3 aromatic rings. The second-order valence-electron chi connectivity index (χ2n) is 10.00. The molecule has 2 unspecified atom stereocenters. The summed E-state index contributed by atoms with van der Waals surface area (Å²) in [6, 6.07) is 8.19. The summed E-state index contributed by atoms with van der Waals surface area (Å²) in [6.07, 6.45) is 1.21. The quantitative estimate of drug-likeness (QED) is 0.437. The van der Waals surface area contributed by atoms with E-state index in [1.807, 2.05) is 58.0 Å². The Morgan fingerprint density at radius 1 is 1.13 bits per heavy atom. The van der Waals surface area contributed by atoms with Crippen molar-refractivity contribution < 1.29 is 27.8 Å². The number of benzene rings is 2. The van der Waals surface area contributed by atoms with Gasteiger partial charge in [0.25, 0.3) is 5.91 Å². The molecule has 2 aliphatic rings. The molecule has 10 heteroatoms. The summed E-state index contributed by atoms with van der Waals surface area (Å²) in [5.74, 6) is 0.899. The lowest BCUT2D eigenvalue weighted by Crippen LogP contribution is -2.40. The number of phenols is 1. The van der Waals surface area contributed by atoms with Crippen LogP contribution in [0.5, 0.6) is 17.2 Å². The third kappa shape index (κ3) is 4.51. The zero-order valence-corrected chi connectivity index (χ0v) is 22.9. The molecular formula is C28H33N3O6S. The summed E-state index contributed by atoms with van der Waals surface area (Å²) >= 11 is 0. The molecule has 1 amide bonds. The van der Waals surface area contributed by atoms with Gasteiger partial charge < -0.3 is 19.5 Å². The highest BCUT2D eigenvalue weighted by Gasteiger charge is 2.48. The standard InChI is InChI=1S/C28H33N3O6S/c1-5-10-37-21-8-7-18(14-22(21)36-6-2)26-23-24(20-13-16(3)12-17(4)27(20)32)29-30-25(23)28(33)31(26)19-9-11-38(34,35)15-19/h7-8,12-14,19,26,32H,5-6,9-11,15H2,1-4H3,(H,29,30). The molecule has 2 N–H and O–H groups in total. The molecule has 1 saturated heterocycles. The number of fused-ring (bicyclic) bond motifs is 1. The molecule has 0 radical (unpaired) electrons. The van der Waals surface area contributed by atoms with Gasteiger partial charge in [0.1, 0.15) is 17.1 Å². The van der Waals surface area contributed by atoms with Crippen LogP contribution in [0.1, 0.15) is 65.5 Å². The van der Waals surface area contributed by atoms with Crippen molar-refractivity contribution in [3.8, 4) is 28.5 Å². The fraction of sp³-hybridized carbons (Fsp3) is 0.429. The molecule has 1 fully saturated rings. The number of nitrogens with one attached hydrogen (secondary N) is 1. The van der Waals surface area contributed by atoms with Gasteiger partial charge in [-0.25, -0.2) is 8.42 Å². The molecule has 0 saturated carbocycles. The molecule has 2 aromatic carbocycles. The maximum atomic E-state index is 13.8.